The first-order chi connectivity index (χ1) is 17.7. The second-order valence-electron chi connectivity index (χ2n) is 11.3. The number of likely N-dealkylation sites (tertiary alicyclic amines) is 1. The van der Waals surface area contributed by atoms with Crippen LogP contribution in [0.15, 0.2) is 42.7 Å². The molecule has 37 heavy (non-hydrogen) atoms. The minimum atomic E-state index is -1.23. The van der Waals surface area contributed by atoms with Crippen LogP contribution < -0.4 is 0 Å². The Morgan fingerprint density at radius 2 is 1.81 bits per heavy atom. The van der Waals surface area contributed by atoms with E-state index in [2.05, 4.69) is 62.0 Å². The number of rotatable bonds is 8. The maximum absolute atomic E-state index is 12.5. The Hall–Kier alpha value is -2.65. The molecule has 2 aliphatic rings. The average molecular weight is 506 g/mol. The largest absolute Gasteiger partial charge is 0.394 e. The lowest BCUT2D eigenvalue weighted by Gasteiger charge is -2.55. The molecule has 1 atom stereocenters. The van der Waals surface area contributed by atoms with Crippen LogP contribution in [0.1, 0.15) is 68.0 Å². The molecule has 2 fully saturated rings. The van der Waals surface area contributed by atoms with Gasteiger partial charge < -0.3 is 19.8 Å². The summed E-state index contributed by atoms with van der Waals surface area (Å²) in [5, 5.41) is 26.9. The molecule has 2 aromatic heterocycles. The van der Waals surface area contributed by atoms with Gasteiger partial charge in [-0.1, -0.05) is 45.0 Å². The van der Waals surface area contributed by atoms with Gasteiger partial charge in [-0.15, -0.1) is 0 Å². The summed E-state index contributed by atoms with van der Waals surface area (Å²) in [5.41, 5.74) is 2.01. The van der Waals surface area contributed by atoms with Crippen molar-refractivity contribution in [1.82, 2.24) is 24.6 Å². The molecule has 8 nitrogen and oxygen atoms in total. The lowest BCUT2D eigenvalue weighted by Crippen LogP contribution is -2.63. The summed E-state index contributed by atoms with van der Waals surface area (Å²) in [5.74, 6) is 2.11. The van der Waals surface area contributed by atoms with Gasteiger partial charge in [0.25, 0.3) is 0 Å². The highest BCUT2D eigenvalue weighted by Crippen LogP contribution is 2.50. The molecule has 0 amide bonds. The summed E-state index contributed by atoms with van der Waals surface area (Å²) in [6.07, 6.45) is 5.31. The molecule has 0 aliphatic carbocycles. The first-order valence-electron chi connectivity index (χ1n) is 13.4. The summed E-state index contributed by atoms with van der Waals surface area (Å²) in [6, 6.07) is 10.3. The highest BCUT2D eigenvalue weighted by molar-refractivity contribution is 5.56. The molecule has 0 saturated carbocycles. The van der Waals surface area contributed by atoms with Gasteiger partial charge in [0, 0.05) is 61.2 Å². The topological polar surface area (TPSA) is 96.5 Å². The van der Waals surface area contributed by atoms with Gasteiger partial charge in [0.1, 0.15) is 11.4 Å². The zero-order valence-electron chi connectivity index (χ0n) is 22.4. The molecule has 2 N–H and O–H groups in total. The number of aromatic nitrogens is 4. The van der Waals surface area contributed by atoms with E-state index in [0.29, 0.717) is 31.5 Å². The number of aliphatic hydroxyl groups excluding tert-OH is 1. The molecule has 0 bridgehead atoms. The summed E-state index contributed by atoms with van der Waals surface area (Å²) in [6.45, 7) is 9.85. The summed E-state index contributed by atoms with van der Waals surface area (Å²) >= 11 is 0. The number of benzene rings is 1. The van der Waals surface area contributed by atoms with Crippen LogP contribution in [0.3, 0.4) is 0 Å². The van der Waals surface area contributed by atoms with Gasteiger partial charge in [0.15, 0.2) is 5.82 Å². The highest BCUT2D eigenvalue weighted by atomic mass is 16.5. The predicted octanol–water partition coefficient (Wildman–Crippen LogP) is 3.54. The average Bonchev–Trinajstić information content (AvgIpc) is 3.32. The van der Waals surface area contributed by atoms with E-state index in [-0.39, 0.29) is 17.9 Å². The fraction of sp³-hybridized carbons (Fsp3) is 0.552. The number of aliphatic hydroxyl groups is 2. The first kappa shape index (κ1) is 26.0. The fourth-order valence-electron chi connectivity index (χ4n) is 6.10. The Kier molecular flexibility index (Phi) is 7.20. The Balaban J connectivity index is 1.56. The van der Waals surface area contributed by atoms with Crippen molar-refractivity contribution in [3.05, 3.63) is 65.2 Å². The molecular weight excluding hydrogens is 466 g/mol. The van der Waals surface area contributed by atoms with Crippen LogP contribution >= 0.6 is 0 Å². The van der Waals surface area contributed by atoms with Gasteiger partial charge in [-0.3, -0.25) is 4.98 Å². The molecule has 0 radical (unpaired) electrons. The van der Waals surface area contributed by atoms with Crippen LogP contribution in [0, 0.1) is 5.41 Å². The maximum atomic E-state index is 12.5. The van der Waals surface area contributed by atoms with E-state index in [1.54, 1.807) is 12.4 Å². The molecule has 4 heterocycles. The normalized spacial score (nSPS) is 20.1. The van der Waals surface area contributed by atoms with Crippen molar-refractivity contribution in [3.8, 4) is 11.4 Å². The Morgan fingerprint density at radius 1 is 1.11 bits per heavy atom. The van der Waals surface area contributed by atoms with Crippen LogP contribution in [-0.2, 0) is 16.9 Å². The third-order valence-electron chi connectivity index (χ3n) is 8.12. The zero-order chi connectivity index (χ0) is 26.2. The van der Waals surface area contributed by atoms with E-state index in [1.165, 1.54) is 5.56 Å². The van der Waals surface area contributed by atoms with Gasteiger partial charge >= 0.3 is 0 Å². The molecule has 1 aromatic carbocycles. The van der Waals surface area contributed by atoms with E-state index in [1.807, 2.05) is 10.7 Å². The SMILES string of the molecule is CC(C)c1ccc([C@](O)(c2cncc(-c3nc(C4CCOCC4)n(CCO)n3)c2)C2(C)CN(C)C2)cc1. The van der Waals surface area contributed by atoms with Crippen LogP contribution in [0.5, 0.6) is 0 Å². The van der Waals surface area contributed by atoms with Crippen LogP contribution in [0.4, 0.5) is 0 Å². The zero-order valence-corrected chi connectivity index (χ0v) is 22.4. The monoisotopic (exact) mass is 505 g/mol. The number of pyridine rings is 1. The van der Waals surface area contributed by atoms with Crippen molar-refractivity contribution in [2.45, 2.75) is 57.6 Å². The molecule has 2 saturated heterocycles. The second-order valence-corrected chi connectivity index (χ2v) is 11.3. The van der Waals surface area contributed by atoms with E-state index in [9.17, 15) is 10.2 Å². The third kappa shape index (κ3) is 4.72. The standard InChI is InChI=1S/C29H39N5O3/c1-20(2)21-5-7-24(8-6-21)29(36,28(3)18-33(4)19-28)25-15-23(16-30-17-25)26-31-27(34(32-26)11-12-35)22-9-13-37-14-10-22/h5-8,15-17,20,22,35-36H,9-14,18-19H2,1-4H3/t29-/m0/s1. The van der Waals surface area contributed by atoms with Gasteiger partial charge in [-0.05, 0) is 43.0 Å². The van der Waals surface area contributed by atoms with E-state index >= 15 is 0 Å². The first-order valence-corrected chi connectivity index (χ1v) is 13.4. The minimum Gasteiger partial charge on any atom is -0.394 e. The molecule has 5 rings (SSSR count). The van der Waals surface area contributed by atoms with Gasteiger partial charge in [0.2, 0.25) is 0 Å². The second kappa shape index (κ2) is 10.3. The predicted molar refractivity (Wildman–Crippen MR) is 142 cm³/mol. The smallest absolute Gasteiger partial charge is 0.182 e. The molecule has 2 aliphatic heterocycles. The molecule has 0 unspecified atom stereocenters. The number of nitrogens with zero attached hydrogens (tertiary/aromatic N) is 5. The Bertz CT molecular complexity index is 1210. The quantitative estimate of drug-likeness (QED) is 0.483. The molecule has 3 aromatic rings. The van der Waals surface area contributed by atoms with Crippen LogP contribution in [0.2, 0.25) is 0 Å². The fourth-order valence-corrected chi connectivity index (χ4v) is 6.10. The van der Waals surface area contributed by atoms with Crippen LogP contribution in [0.25, 0.3) is 11.4 Å². The van der Waals surface area contributed by atoms with Crippen LogP contribution in [-0.4, -0.2) is 74.8 Å². The van der Waals surface area contributed by atoms with Gasteiger partial charge in [0.05, 0.1) is 13.2 Å². The Morgan fingerprint density at radius 3 is 2.43 bits per heavy atom. The van der Waals surface area contributed by atoms with Crippen molar-refractivity contribution in [2.75, 3.05) is 40.0 Å². The van der Waals surface area contributed by atoms with Crippen molar-refractivity contribution >= 4 is 0 Å². The molecular formula is C29H39N5O3. The Labute approximate surface area is 219 Å². The van der Waals surface area contributed by atoms with E-state index in [0.717, 1.165) is 48.4 Å². The lowest BCUT2D eigenvalue weighted by molar-refractivity contribution is -0.127. The number of ether oxygens (including phenoxy) is 1. The number of hydrogen-bond acceptors (Lipinski definition) is 7. The lowest BCUT2D eigenvalue weighted by atomic mass is 9.62. The van der Waals surface area contributed by atoms with Crippen molar-refractivity contribution < 1.29 is 14.9 Å². The summed E-state index contributed by atoms with van der Waals surface area (Å²) in [7, 11) is 2.08. The van der Waals surface area contributed by atoms with Crippen molar-refractivity contribution in [1.29, 1.82) is 0 Å². The molecule has 198 valence electrons. The van der Waals surface area contributed by atoms with E-state index < -0.39 is 5.60 Å². The summed E-state index contributed by atoms with van der Waals surface area (Å²) < 4.78 is 7.35. The summed E-state index contributed by atoms with van der Waals surface area (Å²) in [4.78, 5) is 11.7. The van der Waals surface area contributed by atoms with Crippen molar-refractivity contribution in [2.24, 2.45) is 5.41 Å². The van der Waals surface area contributed by atoms with E-state index in [4.69, 9.17) is 14.8 Å². The van der Waals surface area contributed by atoms with Gasteiger partial charge in [-0.25, -0.2) is 9.67 Å². The molecule has 0 spiro atoms. The minimum absolute atomic E-state index is 0.00466. The van der Waals surface area contributed by atoms with Gasteiger partial charge in [-0.2, -0.15) is 5.10 Å². The highest BCUT2D eigenvalue weighted by Gasteiger charge is 2.55. The maximum Gasteiger partial charge on any atom is 0.182 e. The third-order valence-corrected chi connectivity index (χ3v) is 8.12. The van der Waals surface area contributed by atoms with Crippen molar-refractivity contribution in [3.63, 3.8) is 0 Å². The molecule has 8 heteroatoms. The number of hydrogen-bond donors (Lipinski definition) is 2.